The third-order valence-corrected chi connectivity index (χ3v) is 3.43. The lowest BCUT2D eigenvalue weighted by Crippen LogP contribution is -2.10. The lowest BCUT2D eigenvalue weighted by Gasteiger charge is -2.06. The SMILES string of the molecule is Cc1cc(-c2n[nH]c(=S)n2/N=C\c2ccccc2OCC(=O)O)n[nH]1. The monoisotopic (exact) mass is 358 g/mol. The van der Waals surface area contributed by atoms with Crippen molar-refractivity contribution in [3.63, 3.8) is 0 Å². The molecule has 0 aliphatic carbocycles. The Balaban J connectivity index is 1.92. The maximum absolute atomic E-state index is 10.7. The Hall–Kier alpha value is -3.27. The second kappa shape index (κ2) is 7.09. The van der Waals surface area contributed by atoms with E-state index in [-0.39, 0.29) is 0 Å². The highest BCUT2D eigenvalue weighted by atomic mass is 32.1. The highest BCUT2D eigenvalue weighted by Crippen LogP contribution is 2.18. The Morgan fingerprint density at radius 3 is 2.92 bits per heavy atom. The van der Waals surface area contributed by atoms with E-state index in [2.05, 4.69) is 25.5 Å². The number of hydrogen-bond donors (Lipinski definition) is 3. The van der Waals surface area contributed by atoms with Gasteiger partial charge in [-0.05, 0) is 37.3 Å². The largest absolute Gasteiger partial charge is 0.481 e. The molecule has 0 aliphatic heterocycles. The molecule has 0 spiro atoms. The van der Waals surface area contributed by atoms with Crippen molar-refractivity contribution in [2.75, 3.05) is 6.61 Å². The predicted octanol–water partition coefficient (Wildman–Crippen LogP) is 1.98. The number of ether oxygens (including phenoxy) is 1. The van der Waals surface area contributed by atoms with E-state index < -0.39 is 12.6 Å². The summed E-state index contributed by atoms with van der Waals surface area (Å²) in [5.74, 6) is -0.199. The predicted molar refractivity (Wildman–Crippen MR) is 92.3 cm³/mol. The molecule has 0 saturated carbocycles. The van der Waals surface area contributed by atoms with Crippen LogP contribution in [-0.4, -0.2) is 49.0 Å². The van der Waals surface area contributed by atoms with Gasteiger partial charge in [-0.1, -0.05) is 12.1 Å². The van der Waals surface area contributed by atoms with Crippen LogP contribution in [0.4, 0.5) is 0 Å². The van der Waals surface area contributed by atoms with E-state index >= 15 is 0 Å². The summed E-state index contributed by atoms with van der Waals surface area (Å²) >= 11 is 5.20. The van der Waals surface area contributed by atoms with E-state index in [0.29, 0.717) is 27.6 Å². The number of carboxylic acid groups (broad SMARTS) is 1. The summed E-state index contributed by atoms with van der Waals surface area (Å²) in [6, 6.07) is 8.78. The van der Waals surface area contributed by atoms with Crippen molar-refractivity contribution in [2.24, 2.45) is 5.10 Å². The van der Waals surface area contributed by atoms with Gasteiger partial charge in [-0.15, -0.1) is 0 Å². The molecule has 0 bridgehead atoms. The maximum atomic E-state index is 10.7. The molecule has 0 saturated heterocycles. The zero-order valence-corrected chi connectivity index (χ0v) is 13.9. The first-order valence-corrected chi connectivity index (χ1v) is 7.63. The van der Waals surface area contributed by atoms with Gasteiger partial charge in [-0.25, -0.2) is 9.89 Å². The number of aryl methyl sites for hydroxylation is 1. The van der Waals surface area contributed by atoms with Gasteiger partial charge in [-0.2, -0.15) is 20.0 Å². The highest BCUT2D eigenvalue weighted by molar-refractivity contribution is 7.71. The van der Waals surface area contributed by atoms with E-state index in [1.807, 2.05) is 13.0 Å². The van der Waals surface area contributed by atoms with Crippen LogP contribution in [0, 0.1) is 11.7 Å². The van der Waals surface area contributed by atoms with E-state index in [1.165, 1.54) is 10.9 Å². The fraction of sp³-hybridized carbons (Fsp3) is 0.133. The second-order valence-corrected chi connectivity index (χ2v) is 5.45. The Labute approximate surface area is 147 Å². The van der Waals surface area contributed by atoms with E-state index in [4.69, 9.17) is 22.1 Å². The van der Waals surface area contributed by atoms with Crippen LogP contribution < -0.4 is 4.74 Å². The van der Waals surface area contributed by atoms with Crippen LogP contribution in [0.15, 0.2) is 35.4 Å². The van der Waals surface area contributed by atoms with Crippen LogP contribution in [0.3, 0.4) is 0 Å². The molecule has 0 amide bonds. The van der Waals surface area contributed by atoms with Crippen molar-refractivity contribution in [1.29, 1.82) is 0 Å². The lowest BCUT2D eigenvalue weighted by atomic mass is 10.2. The highest BCUT2D eigenvalue weighted by Gasteiger charge is 2.11. The molecule has 128 valence electrons. The van der Waals surface area contributed by atoms with Gasteiger partial charge < -0.3 is 9.84 Å². The zero-order valence-electron chi connectivity index (χ0n) is 13.1. The van der Waals surface area contributed by atoms with Crippen LogP contribution in [0.2, 0.25) is 0 Å². The van der Waals surface area contributed by atoms with Crippen molar-refractivity contribution < 1.29 is 14.6 Å². The summed E-state index contributed by atoms with van der Waals surface area (Å²) < 4.78 is 6.98. The Morgan fingerprint density at radius 1 is 1.40 bits per heavy atom. The number of nitrogens with zero attached hydrogens (tertiary/aromatic N) is 4. The molecule has 1 aromatic carbocycles. The summed E-state index contributed by atoms with van der Waals surface area (Å²) in [6.45, 7) is 1.44. The number of aliphatic carboxylic acids is 1. The molecule has 9 nitrogen and oxygen atoms in total. The van der Waals surface area contributed by atoms with Crippen molar-refractivity contribution >= 4 is 24.4 Å². The average molecular weight is 358 g/mol. The van der Waals surface area contributed by atoms with Crippen molar-refractivity contribution in [1.82, 2.24) is 25.1 Å². The molecule has 10 heteroatoms. The first-order chi connectivity index (χ1) is 12.0. The number of H-pyrrole nitrogens is 2. The van der Waals surface area contributed by atoms with E-state index in [0.717, 1.165) is 5.69 Å². The molecule has 0 aliphatic rings. The number of carbonyl (C=O) groups is 1. The number of aromatic nitrogens is 5. The molecule has 0 atom stereocenters. The van der Waals surface area contributed by atoms with Crippen LogP contribution in [-0.2, 0) is 4.79 Å². The maximum Gasteiger partial charge on any atom is 0.341 e. The number of para-hydroxylation sites is 1. The van der Waals surface area contributed by atoms with Gasteiger partial charge in [0.15, 0.2) is 6.61 Å². The summed E-state index contributed by atoms with van der Waals surface area (Å²) in [4.78, 5) is 10.7. The first-order valence-electron chi connectivity index (χ1n) is 7.22. The van der Waals surface area contributed by atoms with Gasteiger partial charge in [0.05, 0.1) is 6.21 Å². The van der Waals surface area contributed by atoms with E-state index in [1.54, 1.807) is 24.3 Å². The molecular formula is C15H14N6O3S. The number of aromatic amines is 2. The minimum Gasteiger partial charge on any atom is -0.481 e. The third kappa shape index (κ3) is 3.80. The molecule has 3 aromatic rings. The molecule has 25 heavy (non-hydrogen) atoms. The lowest BCUT2D eigenvalue weighted by molar-refractivity contribution is -0.139. The Kier molecular flexibility index (Phi) is 4.70. The number of rotatable bonds is 6. The Bertz CT molecular complexity index is 987. The second-order valence-electron chi connectivity index (χ2n) is 5.07. The zero-order chi connectivity index (χ0) is 17.8. The van der Waals surface area contributed by atoms with Gasteiger partial charge in [0.2, 0.25) is 10.6 Å². The standard InChI is InChI=1S/C15H14N6O3S/c1-9-6-11(18-17-9)14-19-20-15(25)21(14)16-7-10-4-2-3-5-12(10)24-8-13(22)23/h2-7H,8H2,1H3,(H,17,18)(H,20,25)(H,22,23)/b16-7-. The fourth-order valence-electron chi connectivity index (χ4n) is 2.08. The quantitative estimate of drug-likeness (QED) is 0.458. The molecule has 0 fully saturated rings. The first kappa shape index (κ1) is 16.6. The molecule has 2 aromatic heterocycles. The molecule has 0 unspecified atom stereocenters. The third-order valence-electron chi connectivity index (χ3n) is 3.17. The van der Waals surface area contributed by atoms with Crippen molar-refractivity contribution in [3.8, 4) is 17.3 Å². The van der Waals surface area contributed by atoms with Gasteiger partial charge >= 0.3 is 5.97 Å². The average Bonchev–Trinajstić information content (AvgIpc) is 3.17. The van der Waals surface area contributed by atoms with Crippen LogP contribution in [0.1, 0.15) is 11.3 Å². The van der Waals surface area contributed by atoms with Gasteiger partial charge in [0.1, 0.15) is 11.4 Å². The topological polar surface area (TPSA) is 121 Å². The van der Waals surface area contributed by atoms with Gasteiger partial charge in [0, 0.05) is 11.3 Å². The molecule has 0 radical (unpaired) electrons. The summed E-state index contributed by atoms with van der Waals surface area (Å²) in [5.41, 5.74) is 2.08. The summed E-state index contributed by atoms with van der Waals surface area (Å²) in [6.07, 6.45) is 1.52. The number of carboxylic acids is 1. The summed E-state index contributed by atoms with van der Waals surface area (Å²) in [7, 11) is 0. The normalized spacial score (nSPS) is 11.1. The van der Waals surface area contributed by atoms with E-state index in [9.17, 15) is 4.79 Å². The van der Waals surface area contributed by atoms with Crippen molar-refractivity contribution in [3.05, 3.63) is 46.4 Å². The number of hydrogen-bond acceptors (Lipinski definition) is 6. The molecule has 2 heterocycles. The smallest absolute Gasteiger partial charge is 0.341 e. The molecular weight excluding hydrogens is 344 g/mol. The van der Waals surface area contributed by atoms with Crippen LogP contribution in [0.25, 0.3) is 11.5 Å². The molecule has 3 N–H and O–H groups in total. The Morgan fingerprint density at radius 2 is 2.20 bits per heavy atom. The number of benzene rings is 1. The van der Waals surface area contributed by atoms with Crippen LogP contribution >= 0.6 is 12.2 Å². The minimum absolute atomic E-state index is 0.302. The number of nitrogens with one attached hydrogen (secondary N) is 2. The van der Waals surface area contributed by atoms with Gasteiger partial charge in [-0.3, -0.25) is 5.10 Å². The van der Waals surface area contributed by atoms with Crippen LogP contribution in [0.5, 0.6) is 5.75 Å². The minimum atomic E-state index is -1.06. The van der Waals surface area contributed by atoms with Crippen molar-refractivity contribution in [2.45, 2.75) is 6.92 Å². The van der Waals surface area contributed by atoms with Gasteiger partial charge in [0.25, 0.3) is 0 Å². The summed E-state index contributed by atoms with van der Waals surface area (Å²) in [5, 5.41) is 26.9. The fourth-order valence-corrected chi connectivity index (χ4v) is 2.25. The molecule has 3 rings (SSSR count).